The van der Waals surface area contributed by atoms with E-state index in [1.165, 1.54) is 19.1 Å². The van der Waals surface area contributed by atoms with E-state index >= 15 is 0 Å². The highest BCUT2D eigenvalue weighted by molar-refractivity contribution is 6.07. The Bertz CT molecular complexity index is 1250. The number of carbonyl (C=O) groups is 3. The summed E-state index contributed by atoms with van der Waals surface area (Å²) in [5.74, 6) is -0.628. The van der Waals surface area contributed by atoms with Crippen molar-refractivity contribution >= 4 is 34.5 Å². The molecule has 1 saturated heterocycles. The molecule has 31 heavy (non-hydrogen) atoms. The largest absolute Gasteiger partial charge is 0.423 e. The van der Waals surface area contributed by atoms with Gasteiger partial charge < -0.3 is 15.1 Å². The lowest BCUT2D eigenvalue weighted by Crippen LogP contribution is -2.43. The van der Waals surface area contributed by atoms with E-state index in [9.17, 15) is 19.2 Å². The second-order valence-corrected chi connectivity index (χ2v) is 7.43. The van der Waals surface area contributed by atoms with Crippen molar-refractivity contribution in [2.24, 2.45) is 0 Å². The van der Waals surface area contributed by atoms with Crippen molar-refractivity contribution in [2.45, 2.75) is 32.4 Å². The molecule has 0 aliphatic carbocycles. The SMILES string of the molecule is CC[C@@]1(c2ccccc2)NC(=O)N(Cc2cc(=O)oc3cc(NC(C)=O)ccc23)C1=O. The fraction of sp³-hybridized carbons (Fsp3) is 0.217. The molecule has 1 aliphatic rings. The standard InChI is InChI=1S/C23H21N3O5/c1-3-23(16-7-5-4-6-8-16)21(29)26(22(30)25-23)13-15-11-20(28)31-19-12-17(24-14(2)27)9-10-18(15)19/h4-12H,3,13H2,1-2H3,(H,24,27)(H,25,30)/t23-/m0/s1. The van der Waals surface area contributed by atoms with Crippen LogP contribution in [-0.4, -0.2) is 22.7 Å². The molecule has 8 nitrogen and oxygen atoms in total. The summed E-state index contributed by atoms with van der Waals surface area (Å²) in [4.78, 5) is 50.7. The zero-order valence-corrected chi connectivity index (χ0v) is 17.1. The lowest BCUT2D eigenvalue weighted by atomic mass is 9.87. The van der Waals surface area contributed by atoms with Gasteiger partial charge >= 0.3 is 11.7 Å². The number of hydrogen-bond acceptors (Lipinski definition) is 5. The Hall–Kier alpha value is -3.94. The molecule has 1 aromatic heterocycles. The van der Waals surface area contributed by atoms with Gasteiger partial charge in [0.25, 0.3) is 5.91 Å². The monoisotopic (exact) mass is 419 g/mol. The Labute approximate surface area is 177 Å². The van der Waals surface area contributed by atoms with Crippen LogP contribution in [0.15, 0.2) is 63.8 Å². The molecular formula is C23H21N3O5. The minimum Gasteiger partial charge on any atom is -0.423 e. The molecule has 158 valence electrons. The molecule has 1 fully saturated rings. The van der Waals surface area contributed by atoms with E-state index in [1.54, 1.807) is 24.3 Å². The fourth-order valence-electron chi connectivity index (χ4n) is 3.94. The van der Waals surface area contributed by atoms with Gasteiger partial charge in [-0.05, 0) is 29.7 Å². The Morgan fingerprint density at radius 2 is 1.84 bits per heavy atom. The number of carbonyl (C=O) groups excluding carboxylic acids is 3. The number of amides is 4. The molecule has 0 spiro atoms. The molecule has 8 heteroatoms. The van der Waals surface area contributed by atoms with E-state index in [1.807, 2.05) is 25.1 Å². The van der Waals surface area contributed by atoms with Crippen molar-refractivity contribution in [3.8, 4) is 0 Å². The summed E-state index contributed by atoms with van der Waals surface area (Å²) in [7, 11) is 0. The lowest BCUT2D eigenvalue weighted by Gasteiger charge is -2.25. The summed E-state index contributed by atoms with van der Waals surface area (Å²) in [5.41, 5.74) is 0.153. The zero-order chi connectivity index (χ0) is 22.2. The topological polar surface area (TPSA) is 109 Å². The van der Waals surface area contributed by atoms with Crippen molar-refractivity contribution in [2.75, 3.05) is 5.32 Å². The van der Waals surface area contributed by atoms with Crippen LogP contribution in [0.4, 0.5) is 10.5 Å². The number of imide groups is 1. The number of hydrogen-bond donors (Lipinski definition) is 2. The van der Waals surface area contributed by atoms with Crippen LogP contribution in [0.1, 0.15) is 31.4 Å². The molecule has 2 heterocycles. The number of benzene rings is 2. The van der Waals surface area contributed by atoms with Crippen LogP contribution in [0.5, 0.6) is 0 Å². The second-order valence-electron chi connectivity index (χ2n) is 7.43. The average Bonchev–Trinajstić information content (AvgIpc) is 2.98. The third-order valence-corrected chi connectivity index (χ3v) is 5.45. The molecule has 4 rings (SSSR count). The first kappa shape index (κ1) is 20.3. The van der Waals surface area contributed by atoms with Gasteiger partial charge in [-0.2, -0.15) is 0 Å². The normalized spacial score (nSPS) is 18.3. The molecule has 0 radical (unpaired) electrons. The quantitative estimate of drug-likeness (QED) is 0.488. The van der Waals surface area contributed by atoms with E-state index in [2.05, 4.69) is 10.6 Å². The number of nitrogens with zero attached hydrogens (tertiary/aromatic N) is 1. The smallest absolute Gasteiger partial charge is 0.336 e. The van der Waals surface area contributed by atoms with Gasteiger partial charge in [-0.15, -0.1) is 0 Å². The third-order valence-electron chi connectivity index (χ3n) is 5.45. The maximum absolute atomic E-state index is 13.4. The second kappa shape index (κ2) is 7.71. The first-order chi connectivity index (χ1) is 14.8. The van der Waals surface area contributed by atoms with Gasteiger partial charge in [0.1, 0.15) is 11.1 Å². The van der Waals surface area contributed by atoms with Crippen molar-refractivity contribution in [3.63, 3.8) is 0 Å². The van der Waals surface area contributed by atoms with Crippen LogP contribution in [0, 0.1) is 0 Å². The molecule has 1 aliphatic heterocycles. The van der Waals surface area contributed by atoms with Gasteiger partial charge in [0, 0.05) is 30.1 Å². The van der Waals surface area contributed by atoms with E-state index in [0.29, 0.717) is 28.6 Å². The molecule has 0 bridgehead atoms. The van der Waals surface area contributed by atoms with Crippen molar-refractivity contribution in [3.05, 3.63) is 76.1 Å². The summed E-state index contributed by atoms with van der Waals surface area (Å²) in [6.45, 7) is 3.13. The van der Waals surface area contributed by atoms with Crippen LogP contribution in [-0.2, 0) is 21.7 Å². The summed E-state index contributed by atoms with van der Waals surface area (Å²) in [6, 6.07) is 14.7. The Balaban J connectivity index is 1.72. The van der Waals surface area contributed by atoms with Gasteiger partial charge in [-0.1, -0.05) is 37.3 Å². The maximum atomic E-state index is 13.4. The number of rotatable bonds is 5. The Kier molecular flexibility index (Phi) is 5.06. The Morgan fingerprint density at radius 1 is 1.10 bits per heavy atom. The molecule has 0 saturated carbocycles. The predicted molar refractivity (Wildman–Crippen MR) is 114 cm³/mol. The van der Waals surface area contributed by atoms with Crippen molar-refractivity contribution in [1.29, 1.82) is 0 Å². The van der Waals surface area contributed by atoms with Gasteiger partial charge in [-0.25, -0.2) is 9.59 Å². The minimum atomic E-state index is -1.15. The van der Waals surface area contributed by atoms with Crippen LogP contribution < -0.4 is 16.3 Å². The van der Waals surface area contributed by atoms with Crippen molar-refractivity contribution < 1.29 is 18.8 Å². The first-order valence-corrected chi connectivity index (χ1v) is 9.88. The van der Waals surface area contributed by atoms with Crippen molar-refractivity contribution in [1.82, 2.24) is 10.2 Å². The number of nitrogens with one attached hydrogen (secondary N) is 2. The molecule has 2 N–H and O–H groups in total. The number of fused-ring (bicyclic) bond motifs is 1. The van der Waals surface area contributed by atoms with E-state index in [0.717, 1.165) is 4.90 Å². The van der Waals surface area contributed by atoms with Gasteiger partial charge in [0.15, 0.2) is 0 Å². The van der Waals surface area contributed by atoms with Crippen LogP contribution in [0.2, 0.25) is 0 Å². The van der Waals surface area contributed by atoms with E-state index in [-0.39, 0.29) is 23.9 Å². The summed E-state index contributed by atoms with van der Waals surface area (Å²) in [5, 5.41) is 6.04. The molecular weight excluding hydrogens is 398 g/mol. The molecule has 0 unspecified atom stereocenters. The molecule has 4 amide bonds. The van der Waals surface area contributed by atoms with Crippen LogP contribution >= 0.6 is 0 Å². The molecule has 3 aromatic rings. The lowest BCUT2D eigenvalue weighted by molar-refractivity contribution is -0.132. The summed E-state index contributed by atoms with van der Waals surface area (Å²) in [6.07, 6.45) is 0.385. The average molecular weight is 419 g/mol. The Morgan fingerprint density at radius 3 is 2.52 bits per heavy atom. The van der Waals surface area contributed by atoms with Crippen LogP contribution in [0.3, 0.4) is 0 Å². The van der Waals surface area contributed by atoms with Gasteiger partial charge in [0.2, 0.25) is 5.91 Å². The predicted octanol–water partition coefficient (Wildman–Crippen LogP) is 3.11. The number of urea groups is 1. The number of anilines is 1. The highest BCUT2D eigenvalue weighted by atomic mass is 16.4. The summed E-state index contributed by atoms with van der Waals surface area (Å²) < 4.78 is 5.26. The molecule has 2 aromatic carbocycles. The first-order valence-electron chi connectivity index (χ1n) is 9.88. The van der Waals surface area contributed by atoms with E-state index in [4.69, 9.17) is 4.42 Å². The maximum Gasteiger partial charge on any atom is 0.336 e. The van der Waals surface area contributed by atoms with Gasteiger partial charge in [0.05, 0.1) is 6.54 Å². The molecule has 1 atom stereocenters. The highest BCUT2D eigenvalue weighted by Crippen LogP contribution is 2.33. The third kappa shape index (κ3) is 3.56. The van der Waals surface area contributed by atoms with Crippen LogP contribution in [0.25, 0.3) is 11.0 Å². The van der Waals surface area contributed by atoms with E-state index < -0.39 is 17.2 Å². The highest BCUT2D eigenvalue weighted by Gasteiger charge is 2.51. The summed E-state index contributed by atoms with van der Waals surface area (Å²) >= 11 is 0. The minimum absolute atomic E-state index is 0.0825. The zero-order valence-electron chi connectivity index (χ0n) is 17.1. The van der Waals surface area contributed by atoms with Gasteiger partial charge in [-0.3, -0.25) is 14.5 Å². The fourth-order valence-corrected chi connectivity index (χ4v) is 3.94.